The molecule has 28 heavy (non-hydrogen) atoms. The maximum Gasteiger partial charge on any atom is 0.225 e. The Hall–Kier alpha value is -2.04. The second-order valence-electron chi connectivity index (χ2n) is 8.43. The quantitative estimate of drug-likeness (QED) is 0.701. The molecule has 0 saturated carbocycles. The molecule has 2 saturated heterocycles. The lowest BCUT2D eigenvalue weighted by molar-refractivity contribution is -0.141. The van der Waals surface area contributed by atoms with Crippen LogP contribution in [0.5, 0.6) is 5.75 Å². The molecule has 2 heterocycles. The van der Waals surface area contributed by atoms with Gasteiger partial charge in [0.1, 0.15) is 5.75 Å². The Morgan fingerprint density at radius 2 is 1.71 bits per heavy atom. The molecule has 0 aromatic heterocycles. The van der Waals surface area contributed by atoms with Crippen molar-refractivity contribution in [2.45, 2.75) is 52.4 Å². The molecule has 5 heteroatoms. The van der Waals surface area contributed by atoms with Crippen molar-refractivity contribution >= 4 is 11.8 Å². The van der Waals surface area contributed by atoms with E-state index >= 15 is 0 Å². The van der Waals surface area contributed by atoms with Crippen molar-refractivity contribution < 1.29 is 14.3 Å². The Bertz CT molecular complexity index is 660. The summed E-state index contributed by atoms with van der Waals surface area (Å²) >= 11 is 0. The lowest BCUT2D eigenvalue weighted by Gasteiger charge is -2.36. The van der Waals surface area contributed by atoms with Crippen LogP contribution in [-0.4, -0.2) is 54.4 Å². The SMILES string of the molecule is Cc1cccc(OCCCC(=O)N2CCC(C(=O)N3CCC(C)CC3)CC2)c1. The lowest BCUT2D eigenvalue weighted by Crippen LogP contribution is -2.46. The minimum atomic E-state index is 0.0992. The number of rotatable bonds is 6. The van der Waals surface area contributed by atoms with Crippen LogP contribution in [0, 0.1) is 18.8 Å². The van der Waals surface area contributed by atoms with Gasteiger partial charge < -0.3 is 14.5 Å². The molecule has 2 aliphatic heterocycles. The number of carbonyl (C=O) groups excluding carboxylic acids is 2. The number of ether oxygens (including phenoxy) is 1. The Kier molecular flexibility index (Phi) is 7.35. The number of aryl methyl sites for hydroxylation is 1. The maximum absolute atomic E-state index is 12.7. The fraction of sp³-hybridized carbons (Fsp3) is 0.652. The number of hydrogen-bond acceptors (Lipinski definition) is 3. The monoisotopic (exact) mass is 386 g/mol. The van der Waals surface area contributed by atoms with Gasteiger partial charge in [-0.25, -0.2) is 0 Å². The van der Waals surface area contributed by atoms with E-state index in [1.165, 1.54) is 5.56 Å². The minimum absolute atomic E-state index is 0.0992. The van der Waals surface area contributed by atoms with Crippen LogP contribution in [-0.2, 0) is 9.59 Å². The van der Waals surface area contributed by atoms with Gasteiger partial charge in [0.15, 0.2) is 0 Å². The molecule has 2 fully saturated rings. The molecule has 2 amide bonds. The van der Waals surface area contributed by atoms with Crippen LogP contribution in [0.2, 0.25) is 0 Å². The number of hydrogen-bond donors (Lipinski definition) is 0. The molecule has 1 aromatic carbocycles. The first kappa shape index (κ1) is 20.7. The zero-order chi connectivity index (χ0) is 19.9. The van der Waals surface area contributed by atoms with E-state index in [-0.39, 0.29) is 11.8 Å². The first-order valence-corrected chi connectivity index (χ1v) is 10.8. The van der Waals surface area contributed by atoms with E-state index < -0.39 is 0 Å². The van der Waals surface area contributed by atoms with Gasteiger partial charge in [-0.1, -0.05) is 19.1 Å². The molecule has 0 bridgehead atoms. The Balaban J connectivity index is 1.34. The molecule has 0 N–H and O–H groups in total. The van der Waals surface area contributed by atoms with Gasteiger partial charge >= 0.3 is 0 Å². The van der Waals surface area contributed by atoms with E-state index in [0.29, 0.717) is 32.0 Å². The fourth-order valence-corrected chi connectivity index (χ4v) is 4.14. The van der Waals surface area contributed by atoms with E-state index in [1.54, 1.807) is 0 Å². The van der Waals surface area contributed by atoms with Gasteiger partial charge in [-0.2, -0.15) is 0 Å². The van der Waals surface area contributed by atoms with Crippen molar-refractivity contribution in [2.24, 2.45) is 11.8 Å². The Labute approximate surface area is 169 Å². The highest BCUT2D eigenvalue weighted by atomic mass is 16.5. The van der Waals surface area contributed by atoms with E-state index in [4.69, 9.17) is 4.74 Å². The van der Waals surface area contributed by atoms with Crippen LogP contribution >= 0.6 is 0 Å². The van der Waals surface area contributed by atoms with E-state index in [2.05, 4.69) is 6.92 Å². The number of nitrogens with zero attached hydrogens (tertiary/aromatic N) is 2. The van der Waals surface area contributed by atoms with Gasteiger partial charge in [0.05, 0.1) is 6.61 Å². The van der Waals surface area contributed by atoms with Crippen LogP contribution < -0.4 is 4.74 Å². The third-order valence-corrected chi connectivity index (χ3v) is 6.09. The van der Waals surface area contributed by atoms with Gasteiger partial charge in [0.2, 0.25) is 11.8 Å². The van der Waals surface area contributed by atoms with E-state index in [0.717, 1.165) is 56.9 Å². The number of amides is 2. The zero-order valence-electron chi connectivity index (χ0n) is 17.4. The van der Waals surface area contributed by atoms with Crippen molar-refractivity contribution in [1.29, 1.82) is 0 Å². The van der Waals surface area contributed by atoms with Gasteiger partial charge in [-0.05, 0) is 62.6 Å². The molecule has 3 rings (SSSR count). The molecule has 154 valence electrons. The van der Waals surface area contributed by atoms with Crippen LogP contribution in [0.3, 0.4) is 0 Å². The van der Waals surface area contributed by atoms with Crippen molar-refractivity contribution in [3.05, 3.63) is 29.8 Å². The average Bonchev–Trinajstić information content (AvgIpc) is 2.71. The maximum atomic E-state index is 12.7. The molecule has 0 unspecified atom stereocenters. The largest absolute Gasteiger partial charge is 0.494 e. The third kappa shape index (κ3) is 5.73. The Morgan fingerprint density at radius 1 is 1.04 bits per heavy atom. The molecule has 0 atom stereocenters. The van der Waals surface area contributed by atoms with Gasteiger partial charge in [0, 0.05) is 38.5 Å². The molecule has 1 aromatic rings. The predicted octanol–water partition coefficient (Wildman–Crippen LogP) is 3.65. The fourth-order valence-electron chi connectivity index (χ4n) is 4.14. The number of likely N-dealkylation sites (tertiary alicyclic amines) is 2. The zero-order valence-corrected chi connectivity index (χ0v) is 17.4. The molecule has 5 nitrogen and oxygen atoms in total. The summed E-state index contributed by atoms with van der Waals surface area (Å²) in [6.45, 7) is 8.07. The second kappa shape index (κ2) is 9.94. The standard InChI is InChI=1S/C23H34N2O3/c1-18-8-12-25(13-9-18)23(27)20-10-14-24(15-11-20)22(26)7-4-16-28-21-6-3-5-19(2)17-21/h3,5-6,17-18,20H,4,7-16H2,1-2H3. The van der Waals surface area contributed by atoms with Gasteiger partial charge in [-0.15, -0.1) is 0 Å². The van der Waals surface area contributed by atoms with Crippen LogP contribution in [0.4, 0.5) is 0 Å². The van der Waals surface area contributed by atoms with E-state index in [9.17, 15) is 9.59 Å². The molecule has 0 aliphatic carbocycles. The summed E-state index contributed by atoms with van der Waals surface area (Å²) < 4.78 is 5.73. The van der Waals surface area contributed by atoms with Crippen molar-refractivity contribution in [2.75, 3.05) is 32.8 Å². The van der Waals surface area contributed by atoms with Crippen molar-refractivity contribution in [3.63, 3.8) is 0 Å². The average molecular weight is 387 g/mol. The minimum Gasteiger partial charge on any atom is -0.494 e. The normalized spacial score (nSPS) is 18.9. The molecule has 0 spiro atoms. The van der Waals surface area contributed by atoms with E-state index in [1.807, 2.05) is 41.0 Å². The van der Waals surface area contributed by atoms with Crippen LogP contribution in [0.1, 0.15) is 51.0 Å². The molecular weight excluding hydrogens is 352 g/mol. The summed E-state index contributed by atoms with van der Waals surface area (Å²) in [6, 6.07) is 7.97. The predicted molar refractivity (Wildman–Crippen MR) is 110 cm³/mol. The second-order valence-corrected chi connectivity index (χ2v) is 8.43. The summed E-state index contributed by atoms with van der Waals surface area (Å²) in [5.74, 6) is 2.19. The number of carbonyl (C=O) groups is 2. The number of benzene rings is 1. The number of piperidine rings is 2. The highest BCUT2D eigenvalue weighted by molar-refractivity contribution is 5.80. The summed E-state index contributed by atoms with van der Waals surface area (Å²) in [5.41, 5.74) is 1.17. The topological polar surface area (TPSA) is 49.9 Å². The first-order valence-electron chi connectivity index (χ1n) is 10.8. The molecular formula is C23H34N2O3. The molecule has 2 aliphatic rings. The van der Waals surface area contributed by atoms with Gasteiger partial charge in [0.25, 0.3) is 0 Å². The van der Waals surface area contributed by atoms with Crippen molar-refractivity contribution in [3.8, 4) is 5.75 Å². The Morgan fingerprint density at radius 3 is 2.39 bits per heavy atom. The molecule has 0 radical (unpaired) electrons. The smallest absolute Gasteiger partial charge is 0.225 e. The summed E-state index contributed by atoms with van der Waals surface area (Å²) in [7, 11) is 0. The summed E-state index contributed by atoms with van der Waals surface area (Å²) in [4.78, 5) is 29.1. The first-order chi connectivity index (χ1) is 13.5. The van der Waals surface area contributed by atoms with Gasteiger partial charge in [-0.3, -0.25) is 9.59 Å². The highest BCUT2D eigenvalue weighted by Crippen LogP contribution is 2.24. The van der Waals surface area contributed by atoms with Crippen molar-refractivity contribution in [1.82, 2.24) is 9.80 Å². The van der Waals surface area contributed by atoms with Crippen LogP contribution in [0.25, 0.3) is 0 Å². The lowest BCUT2D eigenvalue weighted by atomic mass is 9.92. The summed E-state index contributed by atoms with van der Waals surface area (Å²) in [5, 5.41) is 0. The highest BCUT2D eigenvalue weighted by Gasteiger charge is 2.31. The summed E-state index contributed by atoms with van der Waals surface area (Å²) in [6.07, 6.45) is 5.07. The van der Waals surface area contributed by atoms with Crippen LogP contribution in [0.15, 0.2) is 24.3 Å². The third-order valence-electron chi connectivity index (χ3n) is 6.09.